The van der Waals surface area contributed by atoms with E-state index in [0.29, 0.717) is 11.1 Å². The fourth-order valence-corrected chi connectivity index (χ4v) is 3.61. The Bertz CT molecular complexity index is 1280. The molecule has 5 nitrogen and oxygen atoms in total. The number of nitriles is 1. The highest BCUT2D eigenvalue weighted by atomic mass is 16.6. The largest absolute Gasteiger partial charge is 0.341 e. The van der Waals surface area contributed by atoms with Crippen molar-refractivity contribution in [1.29, 1.82) is 5.26 Å². The third-order valence-corrected chi connectivity index (χ3v) is 4.93. The van der Waals surface area contributed by atoms with Crippen LogP contribution in [-0.2, 0) is 6.54 Å². The Morgan fingerprint density at radius 2 is 1.79 bits per heavy atom. The van der Waals surface area contributed by atoms with Crippen LogP contribution in [0.2, 0.25) is 0 Å². The Labute approximate surface area is 161 Å². The van der Waals surface area contributed by atoms with Crippen LogP contribution in [0.1, 0.15) is 18.1 Å². The molecule has 0 spiro atoms. The lowest BCUT2D eigenvalue weighted by Crippen LogP contribution is -1.92. The van der Waals surface area contributed by atoms with E-state index < -0.39 is 4.92 Å². The summed E-state index contributed by atoms with van der Waals surface area (Å²) in [4.78, 5) is 10.4. The van der Waals surface area contributed by atoms with Crippen LogP contribution in [0.4, 0.5) is 5.69 Å². The quantitative estimate of drug-likeness (QED) is 0.198. The van der Waals surface area contributed by atoms with Crippen molar-refractivity contribution >= 4 is 39.1 Å². The summed E-state index contributed by atoms with van der Waals surface area (Å²) in [5.41, 5.74) is 4.40. The molecule has 0 bridgehead atoms. The number of benzene rings is 3. The lowest BCUT2D eigenvalue weighted by molar-refractivity contribution is -0.384. The van der Waals surface area contributed by atoms with Crippen molar-refractivity contribution < 1.29 is 4.92 Å². The predicted octanol–water partition coefficient (Wildman–Crippen LogP) is 5.79. The highest BCUT2D eigenvalue weighted by Gasteiger charge is 2.10. The molecule has 0 aliphatic heterocycles. The molecule has 0 atom stereocenters. The van der Waals surface area contributed by atoms with Crippen molar-refractivity contribution in [2.75, 3.05) is 0 Å². The average molecular weight is 367 g/mol. The van der Waals surface area contributed by atoms with Gasteiger partial charge in [0.15, 0.2) is 0 Å². The van der Waals surface area contributed by atoms with E-state index in [9.17, 15) is 15.4 Å². The van der Waals surface area contributed by atoms with Crippen molar-refractivity contribution in [2.24, 2.45) is 0 Å². The molecule has 0 saturated heterocycles. The van der Waals surface area contributed by atoms with Gasteiger partial charge in [-0.2, -0.15) is 5.26 Å². The summed E-state index contributed by atoms with van der Waals surface area (Å²) in [6.45, 7) is 3.01. The van der Waals surface area contributed by atoms with E-state index in [-0.39, 0.29) is 5.69 Å². The molecule has 0 unspecified atom stereocenters. The number of hydrogen-bond acceptors (Lipinski definition) is 3. The van der Waals surface area contributed by atoms with E-state index in [1.165, 1.54) is 23.0 Å². The van der Waals surface area contributed by atoms with E-state index in [1.807, 2.05) is 24.3 Å². The minimum Gasteiger partial charge on any atom is -0.341 e. The Morgan fingerprint density at radius 1 is 1.07 bits per heavy atom. The van der Waals surface area contributed by atoms with Crippen LogP contribution < -0.4 is 0 Å². The molecule has 0 N–H and O–H groups in total. The van der Waals surface area contributed by atoms with Crippen LogP contribution in [0, 0.1) is 21.4 Å². The standard InChI is InChI=1S/C23H17N3O2/c1-2-25-22-6-4-3-5-20(22)21-14-16(7-12-23(21)25)13-18(15-24)17-8-10-19(11-9-17)26(27)28/h3-14H,2H2,1H3/b18-13+. The van der Waals surface area contributed by atoms with E-state index in [2.05, 4.69) is 41.8 Å². The van der Waals surface area contributed by atoms with Gasteiger partial charge in [0.2, 0.25) is 0 Å². The number of rotatable bonds is 4. The van der Waals surface area contributed by atoms with Crippen molar-refractivity contribution in [3.63, 3.8) is 0 Å². The zero-order valence-electron chi connectivity index (χ0n) is 15.3. The molecule has 28 heavy (non-hydrogen) atoms. The number of fused-ring (bicyclic) bond motifs is 3. The topological polar surface area (TPSA) is 71.9 Å². The SMILES string of the molecule is CCn1c2ccccc2c2cc(/C=C(\C#N)c3ccc([N+](=O)[O-])cc3)ccc21. The highest BCUT2D eigenvalue weighted by molar-refractivity contribution is 6.09. The second-order valence-electron chi connectivity index (χ2n) is 6.51. The molecule has 136 valence electrons. The Morgan fingerprint density at radius 3 is 2.46 bits per heavy atom. The number of aryl methyl sites for hydroxylation is 1. The number of nitro groups is 1. The van der Waals surface area contributed by atoms with Gasteiger partial charge < -0.3 is 4.57 Å². The Balaban J connectivity index is 1.83. The lowest BCUT2D eigenvalue weighted by atomic mass is 10.0. The minimum atomic E-state index is -0.447. The molecule has 4 aromatic rings. The van der Waals surface area contributed by atoms with Gasteiger partial charge in [0.05, 0.1) is 16.6 Å². The van der Waals surface area contributed by atoms with E-state index in [4.69, 9.17) is 0 Å². The van der Waals surface area contributed by atoms with E-state index >= 15 is 0 Å². The third-order valence-electron chi connectivity index (χ3n) is 4.93. The van der Waals surface area contributed by atoms with Gasteiger partial charge in [-0.05, 0) is 54.5 Å². The molecule has 1 aromatic heterocycles. The summed E-state index contributed by atoms with van der Waals surface area (Å²) >= 11 is 0. The third kappa shape index (κ3) is 2.91. The first-order chi connectivity index (χ1) is 13.6. The lowest BCUT2D eigenvalue weighted by Gasteiger charge is -2.03. The second kappa shape index (κ2) is 7.01. The van der Waals surface area contributed by atoms with Crippen molar-refractivity contribution in [1.82, 2.24) is 4.57 Å². The van der Waals surface area contributed by atoms with Gasteiger partial charge in [-0.25, -0.2) is 0 Å². The summed E-state index contributed by atoms with van der Waals surface area (Å²) in [5.74, 6) is 0. The average Bonchev–Trinajstić information content (AvgIpc) is 3.05. The Kier molecular flexibility index (Phi) is 4.38. The number of para-hydroxylation sites is 1. The van der Waals surface area contributed by atoms with Crippen LogP contribution in [0.3, 0.4) is 0 Å². The van der Waals surface area contributed by atoms with Gasteiger partial charge in [0.25, 0.3) is 5.69 Å². The van der Waals surface area contributed by atoms with Crippen LogP contribution in [-0.4, -0.2) is 9.49 Å². The van der Waals surface area contributed by atoms with Crippen molar-refractivity contribution in [3.8, 4) is 6.07 Å². The molecule has 0 amide bonds. The number of nitrogens with zero attached hydrogens (tertiary/aromatic N) is 3. The normalized spacial score (nSPS) is 11.6. The zero-order valence-corrected chi connectivity index (χ0v) is 15.3. The number of non-ortho nitro benzene ring substituents is 1. The van der Waals surface area contributed by atoms with Crippen molar-refractivity contribution in [3.05, 3.63) is 88.0 Å². The van der Waals surface area contributed by atoms with E-state index in [0.717, 1.165) is 23.0 Å². The molecule has 0 aliphatic rings. The maximum Gasteiger partial charge on any atom is 0.269 e. The first-order valence-corrected chi connectivity index (χ1v) is 9.00. The molecule has 4 rings (SSSR count). The summed E-state index contributed by atoms with van der Waals surface area (Å²) in [5, 5.41) is 22.7. The van der Waals surface area contributed by atoms with Gasteiger partial charge in [0.1, 0.15) is 0 Å². The maximum absolute atomic E-state index is 10.8. The molecular weight excluding hydrogens is 350 g/mol. The van der Waals surface area contributed by atoms with E-state index in [1.54, 1.807) is 12.1 Å². The molecule has 5 heteroatoms. The first kappa shape index (κ1) is 17.5. The predicted molar refractivity (Wildman–Crippen MR) is 112 cm³/mol. The molecule has 1 heterocycles. The summed E-state index contributed by atoms with van der Waals surface area (Å²) in [7, 11) is 0. The van der Waals surface area contributed by atoms with Crippen LogP contribution >= 0.6 is 0 Å². The molecule has 0 saturated carbocycles. The van der Waals surface area contributed by atoms with Gasteiger partial charge in [-0.1, -0.05) is 24.3 Å². The highest BCUT2D eigenvalue weighted by Crippen LogP contribution is 2.31. The summed E-state index contributed by atoms with van der Waals surface area (Å²) in [6.07, 6.45) is 1.82. The monoisotopic (exact) mass is 367 g/mol. The molecule has 0 radical (unpaired) electrons. The van der Waals surface area contributed by atoms with Crippen LogP contribution in [0.15, 0.2) is 66.7 Å². The zero-order chi connectivity index (χ0) is 19.7. The van der Waals surface area contributed by atoms with Gasteiger partial charge >= 0.3 is 0 Å². The molecule has 0 fully saturated rings. The number of allylic oxidation sites excluding steroid dienone is 1. The Hall–Kier alpha value is -3.91. The number of nitro benzene ring substituents is 1. The number of aromatic nitrogens is 1. The minimum absolute atomic E-state index is 0.00911. The summed E-state index contributed by atoms with van der Waals surface area (Å²) in [6, 6.07) is 22.7. The van der Waals surface area contributed by atoms with Gasteiger partial charge in [-0.3, -0.25) is 10.1 Å². The number of hydrogen-bond donors (Lipinski definition) is 0. The van der Waals surface area contributed by atoms with Gasteiger partial charge in [0, 0.05) is 40.5 Å². The smallest absolute Gasteiger partial charge is 0.269 e. The molecular formula is C23H17N3O2. The fraction of sp³-hybridized carbons (Fsp3) is 0.0870. The van der Waals surface area contributed by atoms with Crippen molar-refractivity contribution in [2.45, 2.75) is 13.5 Å². The second-order valence-corrected chi connectivity index (χ2v) is 6.51. The molecule has 0 aliphatic carbocycles. The first-order valence-electron chi connectivity index (χ1n) is 9.00. The van der Waals surface area contributed by atoms with Gasteiger partial charge in [-0.15, -0.1) is 0 Å². The molecule has 3 aromatic carbocycles. The maximum atomic E-state index is 10.8. The van der Waals surface area contributed by atoms with Crippen LogP contribution in [0.25, 0.3) is 33.5 Å². The fourth-order valence-electron chi connectivity index (χ4n) is 3.61. The summed E-state index contributed by atoms with van der Waals surface area (Å²) < 4.78 is 2.28. The van der Waals surface area contributed by atoms with Crippen LogP contribution in [0.5, 0.6) is 0 Å².